The van der Waals surface area contributed by atoms with Gasteiger partial charge in [-0.25, -0.2) is 0 Å². The maximum atomic E-state index is 3.53. The van der Waals surface area contributed by atoms with Gasteiger partial charge in [-0.3, -0.25) is 0 Å². The van der Waals surface area contributed by atoms with E-state index >= 15 is 0 Å². The summed E-state index contributed by atoms with van der Waals surface area (Å²) in [6, 6.07) is 0. The summed E-state index contributed by atoms with van der Waals surface area (Å²) in [4.78, 5) is 0. The molecule has 0 aliphatic heterocycles. The summed E-state index contributed by atoms with van der Waals surface area (Å²) in [5.74, 6) is 1.90. The van der Waals surface area contributed by atoms with Gasteiger partial charge in [0.1, 0.15) is 0 Å². The number of rotatable bonds is 2. The Morgan fingerprint density at radius 3 is 2.83 bits per heavy atom. The Morgan fingerprint density at radius 1 is 1.58 bits per heavy atom. The third-order valence-electron chi connectivity index (χ3n) is 3.97. The van der Waals surface area contributed by atoms with Crippen molar-refractivity contribution in [1.29, 1.82) is 0 Å². The van der Waals surface area contributed by atoms with Crippen LogP contribution in [0.25, 0.3) is 0 Å². The quantitative estimate of drug-likeness (QED) is 0.499. The Labute approximate surface area is 83.6 Å². The van der Waals surface area contributed by atoms with Crippen LogP contribution in [0.15, 0.2) is 11.6 Å². The molecule has 2 atom stereocenters. The highest BCUT2D eigenvalue weighted by molar-refractivity contribution is 9.09. The summed E-state index contributed by atoms with van der Waals surface area (Å²) in [6.07, 6.45) is 6.56. The van der Waals surface area contributed by atoms with Crippen LogP contribution in [-0.4, -0.2) is 5.33 Å². The first-order chi connectivity index (χ1) is 5.66. The fraction of sp³-hybridized carbons (Fsp3) is 0.818. The molecule has 0 spiro atoms. The van der Waals surface area contributed by atoms with Gasteiger partial charge in [-0.2, -0.15) is 0 Å². The van der Waals surface area contributed by atoms with Crippen molar-refractivity contribution in [3.8, 4) is 0 Å². The monoisotopic (exact) mass is 228 g/mol. The standard InChI is InChI=1S/C11H17Br/c1-11(2)9-4-3-8(5-6-12)10(11)7-9/h3,9-10H,4-7H2,1-2H3. The SMILES string of the molecule is CC1(C)C2CC=C(CCBr)C1C2. The molecule has 0 radical (unpaired) electrons. The molecule has 0 aromatic carbocycles. The van der Waals surface area contributed by atoms with Gasteiger partial charge >= 0.3 is 0 Å². The lowest BCUT2D eigenvalue weighted by molar-refractivity contribution is -0.00765. The van der Waals surface area contributed by atoms with Gasteiger partial charge < -0.3 is 0 Å². The smallest absolute Gasteiger partial charge is 0.00686 e. The molecule has 0 amide bonds. The third-order valence-corrected chi connectivity index (χ3v) is 4.36. The molecule has 2 unspecified atom stereocenters. The summed E-state index contributed by atoms with van der Waals surface area (Å²) >= 11 is 3.53. The van der Waals surface area contributed by atoms with Gasteiger partial charge in [0.05, 0.1) is 0 Å². The highest BCUT2D eigenvalue weighted by Crippen LogP contribution is 2.59. The summed E-state index contributed by atoms with van der Waals surface area (Å²) in [5.41, 5.74) is 2.34. The Bertz CT molecular complexity index is 215. The van der Waals surface area contributed by atoms with Gasteiger partial charge in [-0.05, 0) is 36.5 Å². The van der Waals surface area contributed by atoms with Crippen LogP contribution < -0.4 is 0 Å². The van der Waals surface area contributed by atoms with Crippen molar-refractivity contribution in [2.45, 2.75) is 33.1 Å². The van der Waals surface area contributed by atoms with Crippen molar-refractivity contribution in [2.75, 3.05) is 5.33 Å². The van der Waals surface area contributed by atoms with Crippen LogP contribution in [-0.2, 0) is 0 Å². The predicted octanol–water partition coefficient (Wildman–Crippen LogP) is 3.76. The maximum absolute atomic E-state index is 3.53. The molecule has 3 aliphatic rings. The Hall–Kier alpha value is 0.220. The fourth-order valence-electron chi connectivity index (χ4n) is 2.87. The Balaban J connectivity index is 2.13. The molecule has 1 heteroatoms. The molecule has 2 bridgehead atoms. The van der Waals surface area contributed by atoms with Crippen molar-refractivity contribution in [3.63, 3.8) is 0 Å². The lowest BCUT2D eigenvalue weighted by Gasteiger charge is -2.56. The van der Waals surface area contributed by atoms with Crippen LogP contribution in [0, 0.1) is 17.3 Å². The Kier molecular flexibility index (Phi) is 2.10. The van der Waals surface area contributed by atoms with Crippen LogP contribution in [0.1, 0.15) is 33.1 Å². The molecule has 68 valence electrons. The molecule has 0 nitrogen and oxygen atoms in total. The second-order valence-electron chi connectivity index (χ2n) is 4.76. The number of hydrogen-bond donors (Lipinski definition) is 0. The van der Waals surface area contributed by atoms with Crippen molar-refractivity contribution >= 4 is 15.9 Å². The van der Waals surface area contributed by atoms with E-state index in [-0.39, 0.29) is 0 Å². The van der Waals surface area contributed by atoms with E-state index in [2.05, 4.69) is 35.9 Å². The van der Waals surface area contributed by atoms with Gasteiger partial charge in [0.25, 0.3) is 0 Å². The number of allylic oxidation sites excluding steroid dienone is 2. The third kappa shape index (κ3) is 1.09. The van der Waals surface area contributed by atoms with E-state index in [1.54, 1.807) is 5.57 Å². The predicted molar refractivity (Wildman–Crippen MR) is 56.5 cm³/mol. The number of hydrogen-bond acceptors (Lipinski definition) is 0. The minimum absolute atomic E-state index is 0.617. The molecule has 3 aliphatic carbocycles. The van der Waals surface area contributed by atoms with Crippen LogP contribution in [0.5, 0.6) is 0 Å². The zero-order valence-electron chi connectivity index (χ0n) is 7.94. The minimum Gasteiger partial charge on any atom is -0.0925 e. The van der Waals surface area contributed by atoms with Crippen molar-refractivity contribution in [3.05, 3.63) is 11.6 Å². The van der Waals surface area contributed by atoms with Gasteiger partial charge in [-0.15, -0.1) is 0 Å². The van der Waals surface area contributed by atoms with Crippen molar-refractivity contribution < 1.29 is 0 Å². The van der Waals surface area contributed by atoms with E-state index in [4.69, 9.17) is 0 Å². The van der Waals surface area contributed by atoms with E-state index in [0.717, 1.165) is 17.2 Å². The fourth-order valence-corrected chi connectivity index (χ4v) is 3.32. The van der Waals surface area contributed by atoms with E-state index in [9.17, 15) is 0 Å². The lowest BCUT2D eigenvalue weighted by Crippen LogP contribution is -2.48. The first-order valence-electron chi connectivity index (χ1n) is 4.91. The zero-order valence-corrected chi connectivity index (χ0v) is 9.52. The number of halogens is 1. The Morgan fingerprint density at radius 2 is 2.33 bits per heavy atom. The summed E-state index contributed by atoms with van der Waals surface area (Å²) in [5, 5.41) is 1.14. The van der Waals surface area contributed by atoms with E-state index in [1.807, 2.05) is 0 Å². The maximum Gasteiger partial charge on any atom is 0.00686 e. The summed E-state index contributed by atoms with van der Waals surface area (Å²) in [6.45, 7) is 4.88. The first kappa shape index (κ1) is 8.80. The molecule has 1 fully saturated rings. The molecular formula is C11H17Br. The molecular weight excluding hydrogens is 212 g/mol. The van der Waals surface area contributed by atoms with Gasteiger partial charge in [-0.1, -0.05) is 41.4 Å². The number of alkyl halides is 1. The largest absolute Gasteiger partial charge is 0.0925 e. The van der Waals surface area contributed by atoms with Gasteiger partial charge in [0.2, 0.25) is 0 Å². The van der Waals surface area contributed by atoms with Crippen LogP contribution >= 0.6 is 15.9 Å². The highest BCUT2D eigenvalue weighted by Gasteiger charge is 2.50. The van der Waals surface area contributed by atoms with E-state index in [0.29, 0.717) is 5.41 Å². The van der Waals surface area contributed by atoms with Crippen LogP contribution in [0.4, 0.5) is 0 Å². The van der Waals surface area contributed by atoms with Crippen molar-refractivity contribution in [1.82, 2.24) is 0 Å². The molecule has 0 N–H and O–H groups in total. The molecule has 0 heterocycles. The van der Waals surface area contributed by atoms with Crippen LogP contribution in [0.2, 0.25) is 0 Å². The lowest BCUT2D eigenvalue weighted by atomic mass is 9.48. The highest BCUT2D eigenvalue weighted by atomic mass is 79.9. The molecule has 1 saturated carbocycles. The first-order valence-corrected chi connectivity index (χ1v) is 6.03. The molecule has 0 saturated heterocycles. The topological polar surface area (TPSA) is 0 Å². The average Bonchev–Trinajstić information content (AvgIpc) is 2.05. The molecule has 0 aromatic heterocycles. The second kappa shape index (κ2) is 2.87. The molecule has 3 rings (SSSR count). The van der Waals surface area contributed by atoms with Gasteiger partial charge in [0, 0.05) is 5.33 Å². The zero-order chi connectivity index (χ0) is 8.77. The summed E-state index contributed by atoms with van der Waals surface area (Å²) in [7, 11) is 0. The van der Waals surface area contributed by atoms with Gasteiger partial charge in [0.15, 0.2) is 0 Å². The van der Waals surface area contributed by atoms with E-state index in [1.165, 1.54) is 19.3 Å². The molecule has 12 heavy (non-hydrogen) atoms. The average molecular weight is 229 g/mol. The minimum atomic E-state index is 0.617. The summed E-state index contributed by atoms with van der Waals surface area (Å²) < 4.78 is 0. The number of fused-ring (bicyclic) bond motifs is 1. The van der Waals surface area contributed by atoms with Crippen molar-refractivity contribution in [2.24, 2.45) is 17.3 Å². The van der Waals surface area contributed by atoms with Crippen LogP contribution in [0.3, 0.4) is 0 Å². The normalized spacial score (nSPS) is 37.1. The second-order valence-corrected chi connectivity index (χ2v) is 5.55. The molecule has 0 aromatic rings. The van der Waals surface area contributed by atoms with E-state index < -0.39 is 0 Å².